The van der Waals surface area contributed by atoms with E-state index in [2.05, 4.69) is 6.92 Å². The molecule has 2 heteroatoms. The van der Waals surface area contributed by atoms with Crippen molar-refractivity contribution in [1.82, 2.24) is 0 Å². The number of hydrogen-bond donors (Lipinski definition) is 1. The molecular weight excluding hydrogens is 188 g/mol. The van der Waals surface area contributed by atoms with Crippen molar-refractivity contribution < 1.29 is 9.90 Å². The number of ketones is 1. The normalized spacial score (nSPS) is 27.4. The Morgan fingerprint density at radius 2 is 2.20 bits per heavy atom. The van der Waals surface area contributed by atoms with Crippen LogP contribution in [-0.4, -0.2) is 17.5 Å². The first-order chi connectivity index (χ1) is 6.95. The van der Waals surface area contributed by atoms with Crippen molar-refractivity contribution in [3.63, 3.8) is 0 Å². The van der Waals surface area contributed by atoms with E-state index < -0.39 is 0 Å². The Morgan fingerprint density at radius 1 is 1.60 bits per heavy atom. The lowest BCUT2D eigenvalue weighted by molar-refractivity contribution is -0.128. The van der Waals surface area contributed by atoms with E-state index >= 15 is 0 Å². The summed E-state index contributed by atoms with van der Waals surface area (Å²) in [6.07, 6.45) is 3.88. The van der Waals surface area contributed by atoms with Crippen LogP contribution in [0.2, 0.25) is 0 Å². The molecule has 0 aliphatic heterocycles. The number of hydrogen-bond acceptors (Lipinski definition) is 2. The summed E-state index contributed by atoms with van der Waals surface area (Å²) in [6, 6.07) is 0. The summed E-state index contributed by atoms with van der Waals surface area (Å²) in [5.41, 5.74) is 0.562. The lowest BCUT2D eigenvalue weighted by atomic mass is 9.63. The molecule has 0 heterocycles. The summed E-state index contributed by atoms with van der Waals surface area (Å²) >= 11 is 0. The number of allylic oxidation sites excluding steroid dienone is 2. The van der Waals surface area contributed by atoms with Gasteiger partial charge in [-0.25, -0.2) is 0 Å². The highest BCUT2D eigenvalue weighted by Gasteiger charge is 2.42. The van der Waals surface area contributed by atoms with Crippen molar-refractivity contribution in [2.45, 2.75) is 40.5 Å². The monoisotopic (exact) mass is 210 g/mol. The minimum atomic E-state index is -0.317. The van der Waals surface area contributed by atoms with Gasteiger partial charge in [-0.2, -0.15) is 0 Å². The molecule has 2 nitrogen and oxygen atoms in total. The SMILES string of the molecule is CCC(CO)[C@@H]1CC=C(C)C(=O)C1(C)C. The summed E-state index contributed by atoms with van der Waals surface area (Å²) < 4.78 is 0. The van der Waals surface area contributed by atoms with Crippen molar-refractivity contribution in [1.29, 1.82) is 0 Å². The lowest BCUT2D eigenvalue weighted by Gasteiger charge is -2.40. The van der Waals surface area contributed by atoms with Crippen LogP contribution in [0.1, 0.15) is 40.5 Å². The maximum atomic E-state index is 12.0. The zero-order valence-electron chi connectivity index (χ0n) is 10.2. The molecule has 0 bridgehead atoms. The Hall–Kier alpha value is -0.630. The van der Waals surface area contributed by atoms with Crippen molar-refractivity contribution in [2.75, 3.05) is 6.61 Å². The van der Waals surface area contributed by atoms with Crippen LogP contribution < -0.4 is 0 Å². The summed E-state index contributed by atoms with van der Waals surface area (Å²) in [6.45, 7) is 8.17. The van der Waals surface area contributed by atoms with Crippen LogP contribution >= 0.6 is 0 Å². The molecular formula is C13H22O2. The van der Waals surface area contributed by atoms with Gasteiger partial charge in [0.25, 0.3) is 0 Å². The minimum Gasteiger partial charge on any atom is -0.396 e. The Kier molecular flexibility index (Phi) is 3.72. The van der Waals surface area contributed by atoms with Crippen molar-refractivity contribution in [2.24, 2.45) is 17.3 Å². The number of aliphatic hydroxyl groups excluding tert-OH is 1. The van der Waals surface area contributed by atoms with Gasteiger partial charge >= 0.3 is 0 Å². The zero-order chi connectivity index (χ0) is 11.6. The Balaban J connectivity index is 2.97. The molecule has 86 valence electrons. The molecule has 1 aliphatic carbocycles. The van der Waals surface area contributed by atoms with Gasteiger partial charge in [-0.3, -0.25) is 4.79 Å². The molecule has 1 aliphatic rings. The largest absolute Gasteiger partial charge is 0.396 e. The van der Waals surface area contributed by atoms with Crippen LogP contribution in [0.15, 0.2) is 11.6 Å². The van der Waals surface area contributed by atoms with E-state index in [1.165, 1.54) is 0 Å². The molecule has 1 N–H and O–H groups in total. The second kappa shape index (κ2) is 4.48. The van der Waals surface area contributed by atoms with Gasteiger partial charge in [0.05, 0.1) is 0 Å². The van der Waals surface area contributed by atoms with Crippen molar-refractivity contribution >= 4 is 5.78 Å². The zero-order valence-corrected chi connectivity index (χ0v) is 10.2. The highest BCUT2D eigenvalue weighted by molar-refractivity contribution is 5.99. The van der Waals surface area contributed by atoms with Crippen LogP contribution in [0.4, 0.5) is 0 Å². The van der Waals surface area contributed by atoms with Gasteiger partial charge in [-0.1, -0.05) is 33.3 Å². The number of rotatable bonds is 3. The highest BCUT2D eigenvalue weighted by atomic mass is 16.3. The molecule has 0 spiro atoms. The first-order valence-corrected chi connectivity index (χ1v) is 5.77. The summed E-state index contributed by atoms with van der Waals surface area (Å²) in [7, 11) is 0. The summed E-state index contributed by atoms with van der Waals surface area (Å²) in [5.74, 6) is 0.766. The third-order valence-corrected chi connectivity index (χ3v) is 3.88. The quantitative estimate of drug-likeness (QED) is 0.777. The fraction of sp³-hybridized carbons (Fsp3) is 0.769. The van der Waals surface area contributed by atoms with Crippen molar-refractivity contribution in [3.05, 3.63) is 11.6 Å². The van der Waals surface area contributed by atoms with E-state index in [1.807, 2.05) is 26.8 Å². The summed E-state index contributed by atoms with van der Waals surface area (Å²) in [5, 5.41) is 9.33. The molecule has 0 fully saturated rings. The van der Waals surface area contributed by atoms with Crippen LogP contribution in [0.3, 0.4) is 0 Å². The topological polar surface area (TPSA) is 37.3 Å². The molecule has 1 unspecified atom stereocenters. The molecule has 0 amide bonds. The highest BCUT2D eigenvalue weighted by Crippen LogP contribution is 2.42. The van der Waals surface area contributed by atoms with E-state index in [9.17, 15) is 9.90 Å². The van der Waals surface area contributed by atoms with Crippen LogP contribution in [0, 0.1) is 17.3 Å². The third-order valence-electron chi connectivity index (χ3n) is 3.88. The number of carbonyl (C=O) groups is 1. The Bertz CT molecular complexity index is 272. The van der Waals surface area contributed by atoms with E-state index in [0.717, 1.165) is 18.4 Å². The van der Waals surface area contributed by atoms with Crippen molar-refractivity contribution in [3.8, 4) is 0 Å². The molecule has 0 saturated heterocycles. The van der Waals surface area contributed by atoms with Gasteiger partial charge < -0.3 is 5.11 Å². The second-order valence-electron chi connectivity index (χ2n) is 5.13. The van der Waals surface area contributed by atoms with E-state index in [4.69, 9.17) is 0 Å². The number of Topliss-reactive ketones (excluding diaryl/α,β-unsaturated/α-hetero) is 1. The molecule has 0 saturated carbocycles. The summed E-state index contributed by atoms with van der Waals surface area (Å²) in [4.78, 5) is 12.0. The fourth-order valence-corrected chi connectivity index (χ4v) is 2.69. The third kappa shape index (κ3) is 2.15. The van der Waals surface area contributed by atoms with Gasteiger partial charge in [0.1, 0.15) is 0 Å². The Morgan fingerprint density at radius 3 is 2.67 bits per heavy atom. The molecule has 0 aromatic carbocycles. The lowest BCUT2D eigenvalue weighted by Crippen LogP contribution is -2.41. The molecule has 0 radical (unpaired) electrons. The smallest absolute Gasteiger partial charge is 0.164 e. The van der Waals surface area contributed by atoms with Crippen LogP contribution in [0.25, 0.3) is 0 Å². The van der Waals surface area contributed by atoms with Gasteiger partial charge in [0.2, 0.25) is 0 Å². The van der Waals surface area contributed by atoms with Crippen LogP contribution in [0.5, 0.6) is 0 Å². The van der Waals surface area contributed by atoms with E-state index in [-0.39, 0.29) is 29.6 Å². The molecule has 2 atom stereocenters. The minimum absolute atomic E-state index is 0.185. The van der Waals surface area contributed by atoms with E-state index in [0.29, 0.717) is 0 Å². The number of aliphatic hydroxyl groups is 1. The number of carbonyl (C=O) groups excluding carboxylic acids is 1. The fourth-order valence-electron chi connectivity index (χ4n) is 2.69. The van der Waals surface area contributed by atoms with Gasteiger partial charge in [0.15, 0.2) is 5.78 Å². The maximum Gasteiger partial charge on any atom is 0.164 e. The molecule has 15 heavy (non-hydrogen) atoms. The first-order valence-electron chi connectivity index (χ1n) is 5.77. The Labute approximate surface area is 92.4 Å². The predicted octanol–water partition coefficient (Wildman–Crippen LogP) is 2.57. The second-order valence-corrected chi connectivity index (χ2v) is 5.13. The van der Waals surface area contributed by atoms with Gasteiger partial charge in [0, 0.05) is 12.0 Å². The van der Waals surface area contributed by atoms with Gasteiger partial charge in [-0.15, -0.1) is 0 Å². The average Bonchev–Trinajstić information content (AvgIpc) is 2.20. The molecule has 1 rings (SSSR count). The predicted molar refractivity (Wildman–Crippen MR) is 61.5 cm³/mol. The average molecular weight is 210 g/mol. The molecule has 0 aromatic heterocycles. The molecule has 0 aromatic rings. The van der Waals surface area contributed by atoms with E-state index in [1.54, 1.807) is 0 Å². The maximum absolute atomic E-state index is 12.0. The standard InChI is InChI=1S/C13H22O2/c1-5-10(8-14)11-7-6-9(2)12(15)13(11,3)4/h6,10-11,14H,5,7-8H2,1-4H3/t10?,11-/m0/s1. The van der Waals surface area contributed by atoms with Crippen LogP contribution in [-0.2, 0) is 4.79 Å². The van der Waals surface area contributed by atoms with Gasteiger partial charge in [-0.05, 0) is 30.8 Å². The first kappa shape index (κ1) is 12.4.